The maximum Gasteiger partial charge on any atom is 0.445 e. The van der Waals surface area contributed by atoms with Gasteiger partial charge in [-0.2, -0.15) is 23.1 Å². The number of imidazole rings is 1. The summed E-state index contributed by atoms with van der Waals surface area (Å²) in [5, 5.41) is 7.65. The molecule has 29 heavy (non-hydrogen) atoms. The Morgan fingerprint density at radius 1 is 1.24 bits per heavy atom. The number of fused-ring (bicyclic) bond motifs is 1. The first-order valence-corrected chi connectivity index (χ1v) is 9.79. The number of carbonyl (C=O) groups is 1. The molecule has 0 unspecified atom stereocenters. The number of hydrogen-bond donors (Lipinski definition) is 2. The molecule has 0 aliphatic heterocycles. The first-order chi connectivity index (χ1) is 13.7. The van der Waals surface area contributed by atoms with E-state index in [-0.39, 0.29) is 34.1 Å². The molecule has 3 N–H and O–H groups in total. The Hall–Kier alpha value is -2.54. The van der Waals surface area contributed by atoms with Crippen LogP contribution in [-0.4, -0.2) is 35.6 Å². The highest BCUT2D eigenvalue weighted by Gasteiger charge is 2.36. The smallest absolute Gasteiger partial charge is 0.382 e. The van der Waals surface area contributed by atoms with Crippen LogP contribution in [0.2, 0.25) is 5.28 Å². The number of nitrogens with zero attached hydrogens (tertiary/aromatic N) is 6. The summed E-state index contributed by atoms with van der Waals surface area (Å²) in [5.74, 6) is -0.497. The Morgan fingerprint density at radius 3 is 2.62 bits per heavy atom. The highest BCUT2D eigenvalue weighted by Crippen LogP contribution is 2.36. The van der Waals surface area contributed by atoms with E-state index in [4.69, 9.17) is 17.3 Å². The van der Waals surface area contributed by atoms with Crippen LogP contribution in [0.5, 0.6) is 0 Å². The Labute approximate surface area is 170 Å². The lowest BCUT2D eigenvalue weighted by Gasteiger charge is -2.28. The zero-order chi connectivity index (χ0) is 20.8. The molecule has 1 amide bonds. The van der Waals surface area contributed by atoms with Gasteiger partial charge in [0.25, 0.3) is 0 Å². The molecule has 0 radical (unpaired) electrons. The molecule has 0 atom stereocenters. The number of anilines is 2. The van der Waals surface area contributed by atoms with Gasteiger partial charge in [0.1, 0.15) is 5.52 Å². The molecule has 9 nitrogen and oxygen atoms in total. The molecular formula is C15H14ClF3N8OS. The van der Waals surface area contributed by atoms with Crippen molar-refractivity contribution < 1.29 is 18.0 Å². The molecule has 154 valence electrons. The SMILES string of the molecule is Nc1nc(Cl)nc2c1ncn2[C@H]1CC[C@@H](C(=O)Nc2nnc(C(F)(F)F)s2)CC1. The van der Waals surface area contributed by atoms with Crippen molar-refractivity contribution in [2.75, 3.05) is 11.1 Å². The zero-order valence-electron chi connectivity index (χ0n) is 14.6. The number of halogens is 4. The lowest BCUT2D eigenvalue weighted by molar-refractivity contribution is -0.138. The minimum atomic E-state index is -4.58. The van der Waals surface area contributed by atoms with Crippen molar-refractivity contribution in [3.8, 4) is 0 Å². The van der Waals surface area contributed by atoms with Gasteiger partial charge in [0.2, 0.25) is 21.3 Å². The second kappa shape index (κ2) is 7.37. The molecule has 3 aromatic rings. The minimum absolute atomic E-state index is 0.0279. The molecule has 3 heterocycles. The summed E-state index contributed by atoms with van der Waals surface area (Å²) in [5.41, 5.74) is 6.81. The number of alkyl halides is 3. The second-order valence-electron chi connectivity index (χ2n) is 6.61. The molecular weight excluding hydrogens is 433 g/mol. The van der Waals surface area contributed by atoms with Crippen molar-refractivity contribution in [2.24, 2.45) is 5.92 Å². The van der Waals surface area contributed by atoms with Gasteiger partial charge in [-0.1, -0.05) is 11.3 Å². The van der Waals surface area contributed by atoms with Gasteiger partial charge < -0.3 is 15.6 Å². The summed E-state index contributed by atoms with van der Waals surface area (Å²) >= 11 is 6.19. The van der Waals surface area contributed by atoms with Crippen LogP contribution in [0.3, 0.4) is 0 Å². The highest BCUT2D eigenvalue weighted by molar-refractivity contribution is 7.15. The number of amides is 1. The van der Waals surface area contributed by atoms with Crippen LogP contribution >= 0.6 is 22.9 Å². The molecule has 0 bridgehead atoms. The molecule has 0 saturated heterocycles. The number of nitrogens with one attached hydrogen (secondary N) is 1. The number of nitrogens with two attached hydrogens (primary N) is 1. The Bertz CT molecular complexity index is 1060. The third-order valence-electron chi connectivity index (χ3n) is 4.78. The van der Waals surface area contributed by atoms with Crippen molar-refractivity contribution in [1.82, 2.24) is 29.7 Å². The highest BCUT2D eigenvalue weighted by atomic mass is 35.5. The predicted molar refractivity (Wildman–Crippen MR) is 99.3 cm³/mol. The van der Waals surface area contributed by atoms with Gasteiger partial charge in [-0.05, 0) is 37.3 Å². The molecule has 1 saturated carbocycles. The summed E-state index contributed by atoms with van der Waals surface area (Å²) in [6, 6.07) is 0.0489. The van der Waals surface area contributed by atoms with Gasteiger partial charge in [-0.3, -0.25) is 4.79 Å². The summed E-state index contributed by atoms with van der Waals surface area (Å²) in [6.07, 6.45) is -0.534. The molecule has 1 aliphatic carbocycles. The number of nitrogen functional groups attached to an aromatic ring is 1. The first kappa shape index (κ1) is 19.8. The number of rotatable bonds is 3. The minimum Gasteiger partial charge on any atom is -0.382 e. The van der Waals surface area contributed by atoms with E-state index < -0.39 is 11.2 Å². The lowest BCUT2D eigenvalue weighted by atomic mass is 9.85. The first-order valence-electron chi connectivity index (χ1n) is 8.59. The molecule has 1 aliphatic rings. The van der Waals surface area contributed by atoms with Crippen LogP contribution < -0.4 is 11.1 Å². The van der Waals surface area contributed by atoms with Gasteiger partial charge in [-0.25, -0.2) is 4.98 Å². The van der Waals surface area contributed by atoms with Crippen molar-refractivity contribution in [3.05, 3.63) is 16.6 Å². The van der Waals surface area contributed by atoms with Gasteiger partial charge in [-0.15, -0.1) is 10.2 Å². The van der Waals surface area contributed by atoms with Crippen LogP contribution in [0.15, 0.2) is 6.33 Å². The molecule has 3 aromatic heterocycles. The molecule has 1 fully saturated rings. The van der Waals surface area contributed by atoms with Crippen molar-refractivity contribution in [3.63, 3.8) is 0 Å². The zero-order valence-corrected chi connectivity index (χ0v) is 16.2. The molecule has 0 spiro atoms. The Kier molecular flexibility index (Phi) is 5.02. The van der Waals surface area contributed by atoms with E-state index in [0.29, 0.717) is 48.2 Å². The fraction of sp³-hybridized carbons (Fsp3) is 0.467. The average Bonchev–Trinajstić information content (AvgIpc) is 3.29. The second-order valence-corrected chi connectivity index (χ2v) is 7.92. The molecule has 4 rings (SSSR count). The quantitative estimate of drug-likeness (QED) is 0.591. The van der Waals surface area contributed by atoms with Crippen LogP contribution in [0, 0.1) is 5.92 Å². The summed E-state index contributed by atoms with van der Waals surface area (Å²) in [6.45, 7) is 0. The van der Waals surface area contributed by atoms with E-state index in [1.165, 1.54) is 0 Å². The molecule has 14 heteroatoms. The van der Waals surface area contributed by atoms with Crippen LogP contribution in [-0.2, 0) is 11.0 Å². The summed E-state index contributed by atoms with van der Waals surface area (Å²) < 4.78 is 39.7. The third kappa shape index (κ3) is 3.96. The van der Waals surface area contributed by atoms with Gasteiger partial charge >= 0.3 is 6.18 Å². The van der Waals surface area contributed by atoms with E-state index in [1.54, 1.807) is 6.33 Å². The van der Waals surface area contributed by atoms with Gasteiger partial charge in [0.05, 0.1) is 6.33 Å². The van der Waals surface area contributed by atoms with E-state index in [2.05, 4.69) is 30.5 Å². The van der Waals surface area contributed by atoms with Crippen LogP contribution in [0.25, 0.3) is 11.2 Å². The average molecular weight is 447 g/mol. The van der Waals surface area contributed by atoms with E-state index in [9.17, 15) is 18.0 Å². The predicted octanol–water partition coefficient (Wildman–Crippen LogP) is 3.30. The van der Waals surface area contributed by atoms with Crippen molar-refractivity contribution >= 4 is 51.0 Å². The fourth-order valence-corrected chi connectivity index (χ4v) is 4.17. The Balaban J connectivity index is 1.41. The van der Waals surface area contributed by atoms with Crippen molar-refractivity contribution in [1.29, 1.82) is 0 Å². The largest absolute Gasteiger partial charge is 0.445 e. The number of carbonyl (C=O) groups excluding carboxylic acids is 1. The topological polar surface area (TPSA) is 124 Å². The third-order valence-corrected chi connectivity index (χ3v) is 5.83. The van der Waals surface area contributed by atoms with E-state index >= 15 is 0 Å². The van der Waals surface area contributed by atoms with E-state index in [0.717, 1.165) is 0 Å². The van der Waals surface area contributed by atoms with Crippen molar-refractivity contribution in [2.45, 2.75) is 37.9 Å². The maximum atomic E-state index is 12.6. The van der Waals surface area contributed by atoms with Gasteiger partial charge in [0.15, 0.2) is 11.5 Å². The van der Waals surface area contributed by atoms with Crippen LogP contribution in [0.4, 0.5) is 24.1 Å². The number of aromatic nitrogens is 6. The van der Waals surface area contributed by atoms with Crippen LogP contribution in [0.1, 0.15) is 36.7 Å². The van der Waals surface area contributed by atoms with E-state index in [1.807, 2.05) is 4.57 Å². The van der Waals surface area contributed by atoms with Gasteiger partial charge in [0, 0.05) is 12.0 Å². The standard InChI is InChI=1S/C15H14ClF3N8OS/c16-13-22-9(20)8-10(23-13)27(5-21-8)7-3-1-6(2-4-7)11(28)24-14-26-25-12(29-14)15(17,18)19/h5-7H,1-4H2,(H2,20,22,23)(H,24,26,28)/t6-,7+. The number of hydrogen-bond acceptors (Lipinski definition) is 8. The monoisotopic (exact) mass is 446 g/mol. The maximum absolute atomic E-state index is 12.6. The Morgan fingerprint density at radius 2 is 1.97 bits per heavy atom. The summed E-state index contributed by atoms with van der Waals surface area (Å²) in [4.78, 5) is 24.7. The normalized spacial score (nSPS) is 20.1. The fourth-order valence-electron chi connectivity index (χ4n) is 3.39. The lowest BCUT2D eigenvalue weighted by Crippen LogP contribution is -2.28. The summed E-state index contributed by atoms with van der Waals surface area (Å²) in [7, 11) is 0. The molecule has 0 aromatic carbocycles.